The van der Waals surface area contributed by atoms with E-state index in [1.165, 1.54) is 0 Å². The van der Waals surface area contributed by atoms with Gasteiger partial charge < -0.3 is 19.3 Å². The van der Waals surface area contributed by atoms with Crippen molar-refractivity contribution in [1.29, 1.82) is 0 Å². The van der Waals surface area contributed by atoms with E-state index >= 15 is 0 Å². The zero-order chi connectivity index (χ0) is 14.8. The van der Waals surface area contributed by atoms with E-state index in [9.17, 15) is 0 Å². The van der Waals surface area contributed by atoms with Gasteiger partial charge in [-0.05, 0) is 13.8 Å². The van der Waals surface area contributed by atoms with Crippen molar-refractivity contribution in [2.45, 2.75) is 25.9 Å². The quantitative estimate of drug-likeness (QED) is 0.826. The second-order valence-corrected chi connectivity index (χ2v) is 5.98. The number of morpholine rings is 2. The Hall–Kier alpha value is -1.11. The van der Waals surface area contributed by atoms with Gasteiger partial charge in [0.1, 0.15) is 5.02 Å². The summed E-state index contributed by atoms with van der Waals surface area (Å²) < 4.78 is 11.0. The van der Waals surface area contributed by atoms with Crippen LogP contribution in [0.4, 0.5) is 11.8 Å². The summed E-state index contributed by atoms with van der Waals surface area (Å²) in [4.78, 5) is 13.5. The average Bonchev–Trinajstić information content (AvgIpc) is 2.49. The minimum atomic E-state index is 0.265. The summed E-state index contributed by atoms with van der Waals surface area (Å²) in [6.45, 7) is 8.66. The predicted molar refractivity (Wildman–Crippen MR) is 82.3 cm³/mol. The van der Waals surface area contributed by atoms with Crippen LogP contribution in [-0.2, 0) is 9.47 Å². The Labute approximate surface area is 130 Å². The molecule has 1 aromatic rings. The van der Waals surface area contributed by atoms with Crippen molar-refractivity contribution in [2.24, 2.45) is 0 Å². The van der Waals surface area contributed by atoms with Crippen molar-refractivity contribution in [3.8, 4) is 0 Å². The monoisotopic (exact) mass is 312 g/mol. The zero-order valence-corrected chi connectivity index (χ0v) is 13.2. The van der Waals surface area contributed by atoms with Gasteiger partial charge in [0.25, 0.3) is 0 Å². The highest BCUT2D eigenvalue weighted by Gasteiger charge is 2.26. The third kappa shape index (κ3) is 3.07. The number of nitrogens with zero attached hydrogens (tertiary/aromatic N) is 4. The van der Waals surface area contributed by atoms with E-state index in [0.29, 0.717) is 31.5 Å². The lowest BCUT2D eigenvalue weighted by Gasteiger charge is -2.36. The van der Waals surface area contributed by atoms with E-state index in [4.69, 9.17) is 26.1 Å². The summed E-state index contributed by atoms with van der Waals surface area (Å²) in [5.41, 5.74) is 0. The summed E-state index contributed by atoms with van der Waals surface area (Å²) in [6.07, 6.45) is 1.70. The topological polar surface area (TPSA) is 50.7 Å². The van der Waals surface area contributed by atoms with E-state index in [1.54, 1.807) is 6.20 Å². The number of rotatable bonds is 2. The Kier molecular flexibility index (Phi) is 4.47. The van der Waals surface area contributed by atoms with Crippen LogP contribution in [0.3, 0.4) is 0 Å². The smallest absolute Gasteiger partial charge is 0.227 e. The molecule has 2 atom stereocenters. The lowest BCUT2D eigenvalue weighted by Crippen LogP contribution is -2.46. The molecule has 116 valence electrons. The van der Waals surface area contributed by atoms with Gasteiger partial charge >= 0.3 is 0 Å². The van der Waals surface area contributed by atoms with Crippen LogP contribution in [0.2, 0.25) is 5.02 Å². The van der Waals surface area contributed by atoms with Gasteiger partial charge in [0.15, 0.2) is 5.82 Å². The molecular weight excluding hydrogens is 292 g/mol. The third-order valence-corrected chi connectivity index (χ3v) is 4.24. The van der Waals surface area contributed by atoms with Crippen molar-refractivity contribution >= 4 is 23.4 Å². The molecular formula is C14H21ClN4O2. The van der Waals surface area contributed by atoms with Crippen LogP contribution in [-0.4, -0.2) is 61.6 Å². The number of aromatic nitrogens is 2. The van der Waals surface area contributed by atoms with Crippen LogP contribution in [0.5, 0.6) is 0 Å². The van der Waals surface area contributed by atoms with Crippen LogP contribution >= 0.6 is 11.6 Å². The molecule has 21 heavy (non-hydrogen) atoms. The molecule has 1 aromatic heterocycles. The molecule has 2 saturated heterocycles. The maximum Gasteiger partial charge on any atom is 0.227 e. The molecule has 0 aromatic carbocycles. The summed E-state index contributed by atoms with van der Waals surface area (Å²) in [5, 5.41) is 0.591. The van der Waals surface area contributed by atoms with Gasteiger partial charge in [-0.3, -0.25) is 0 Å². The molecule has 3 rings (SSSR count). The SMILES string of the molecule is C[C@H]1COCCN1c1ncc(Cl)c(N2CCOC[C@@H]2C)n1. The first-order valence-electron chi connectivity index (χ1n) is 7.38. The number of halogens is 1. The molecule has 6 nitrogen and oxygen atoms in total. The molecule has 2 fully saturated rings. The van der Waals surface area contributed by atoms with Crippen LogP contribution in [0, 0.1) is 0 Å². The second-order valence-electron chi connectivity index (χ2n) is 5.58. The van der Waals surface area contributed by atoms with Gasteiger partial charge in [0.05, 0.1) is 44.7 Å². The lowest BCUT2D eigenvalue weighted by molar-refractivity contribution is 0.0972. The third-order valence-electron chi connectivity index (χ3n) is 3.98. The Morgan fingerprint density at radius 1 is 1.10 bits per heavy atom. The maximum atomic E-state index is 6.32. The highest BCUT2D eigenvalue weighted by atomic mass is 35.5. The summed E-state index contributed by atoms with van der Waals surface area (Å²) in [7, 11) is 0. The van der Waals surface area contributed by atoms with E-state index in [0.717, 1.165) is 24.9 Å². The van der Waals surface area contributed by atoms with Gasteiger partial charge in [-0.15, -0.1) is 0 Å². The van der Waals surface area contributed by atoms with E-state index in [1.807, 2.05) is 0 Å². The Balaban J connectivity index is 1.88. The molecule has 7 heteroatoms. The number of ether oxygens (including phenoxy) is 2. The number of anilines is 2. The van der Waals surface area contributed by atoms with E-state index < -0.39 is 0 Å². The van der Waals surface area contributed by atoms with Crippen molar-refractivity contribution in [2.75, 3.05) is 49.3 Å². The molecule has 0 saturated carbocycles. The lowest BCUT2D eigenvalue weighted by atomic mass is 10.2. The molecule has 0 aliphatic carbocycles. The van der Waals surface area contributed by atoms with Crippen molar-refractivity contribution in [1.82, 2.24) is 9.97 Å². The first-order chi connectivity index (χ1) is 10.2. The van der Waals surface area contributed by atoms with Crippen molar-refractivity contribution in [3.63, 3.8) is 0 Å². The van der Waals surface area contributed by atoms with E-state index in [2.05, 4.69) is 28.6 Å². The highest BCUT2D eigenvalue weighted by molar-refractivity contribution is 6.32. The molecule has 0 bridgehead atoms. The van der Waals surface area contributed by atoms with Crippen LogP contribution in [0.15, 0.2) is 6.20 Å². The fourth-order valence-electron chi connectivity index (χ4n) is 2.75. The molecule has 0 N–H and O–H groups in total. The van der Waals surface area contributed by atoms with Gasteiger partial charge in [-0.1, -0.05) is 11.6 Å². The summed E-state index contributed by atoms with van der Waals surface area (Å²) in [6, 6.07) is 0.538. The normalized spacial score (nSPS) is 27.0. The highest BCUT2D eigenvalue weighted by Crippen LogP contribution is 2.28. The molecule has 2 aliphatic heterocycles. The largest absolute Gasteiger partial charge is 0.377 e. The first kappa shape index (κ1) is 14.8. The van der Waals surface area contributed by atoms with Crippen LogP contribution in [0.1, 0.15) is 13.8 Å². The molecule has 0 radical (unpaired) electrons. The van der Waals surface area contributed by atoms with E-state index in [-0.39, 0.29) is 12.1 Å². The summed E-state index contributed by atoms with van der Waals surface area (Å²) in [5.74, 6) is 1.53. The Morgan fingerprint density at radius 2 is 1.71 bits per heavy atom. The fourth-order valence-corrected chi connectivity index (χ4v) is 2.95. The van der Waals surface area contributed by atoms with Crippen LogP contribution in [0.25, 0.3) is 0 Å². The molecule has 3 heterocycles. The van der Waals surface area contributed by atoms with Gasteiger partial charge in [0.2, 0.25) is 5.95 Å². The Bertz CT molecular complexity index is 502. The number of hydrogen-bond donors (Lipinski definition) is 0. The number of hydrogen-bond acceptors (Lipinski definition) is 6. The van der Waals surface area contributed by atoms with Gasteiger partial charge in [-0.2, -0.15) is 4.98 Å². The second kappa shape index (κ2) is 6.34. The minimum Gasteiger partial charge on any atom is -0.377 e. The minimum absolute atomic E-state index is 0.265. The van der Waals surface area contributed by atoms with Crippen molar-refractivity contribution < 1.29 is 9.47 Å². The molecule has 0 unspecified atom stereocenters. The molecule has 0 spiro atoms. The molecule has 2 aliphatic rings. The fraction of sp³-hybridized carbons (Fsp3) is 0.714. The van der Waals surface area contributed by atoms with Gasteiger partial charge in [0, 0.05) is 13.1 Å². The first-order valence-corrected chi connectivity index (χ1v) is 7.76. The maximum absolute atomic E-state index is 6.32. The standard InChI is InChI=1S/C14H21ClN4O2/c1-10-8-20-5-3-18(10)13-12(15)7-16-14(17-13)19-4-6-21-9-11(19)2/h7,10-11H,3-6,8-9H2,1-2H3/t10-,11-/m0/s1. The van der Waals surface area contributed by atoms with Crippen molar-refractivity contribution in [3.05, 3.63) is 11.2 Å². The van der Waals surface area contributed by atoms with Crippen LogP contribution < -0.4 is 9.80 Å². The summed E-state index contributed by atoms with van der Waals surface area (Å²) >= 11 is 6.32. The molecule has 0 amide bonds. The Morgan fingerprint density at radius 3 is 2.33 bits per heavy atom. The van der Waals surface area contributed by atoms with Gasteiger partial charge in [-0.25, -0.2) is 4.98 Å². The average molecular weight is 313 g/mol. The zero-order valence-electron chi connectivity index (χ0n) is 12.5. The predicted octanol–water partition coefficient (Wildman–Crippen LogP) is 1.58.